The molecule has 2 amide bonds. The number of fused-ring (bicyclic) bond motifs is 3. The zero-order chi connectivity index (χ0) is 20.8. The summed E-state index contributed by atoms with van der Waals surface area (Å²) in [6, 6.07) is 17.4. The van der Waals surface area contributed by atoms with Gasteiger partial charge in [0.05, 0.1) is 0 Å². The third-order valence-electron chi connectivity index (χ3n) is 6.09. The van der Waals surface area contributed by atoms with Gasteiger partial charge in [0.15, 0.2) is 0 Å². The summed E-state index contributed by atoms with van der Waals surface area (Å²) in [5.41, 5.74) is 2.67. The second-order valence-electron chi connectivity index (χ2n) is 8.18. The van der Waals surface area contributed by atoms with Gasteiger partial charge in [0.2, 0.25) is 0 Å². The minimum atomic E-state index is -0.164. The average Bonchev–Trinajstić information content (AvgIpc) is 3.27. The van der Waals surface area contributed by atoms with E-state index < -0.39 is 0 Å². The topological polar surface area (TPSA) is 42.3 Å². The van der Waals surface area contributed by atoms with Crippen LogP contribution in [0.1, 0.15) is 51.4 Å². The summed E-state index contributed by atoms with van der Waals surface area (Å²) in [5, 5.41) is 2.70. The molecule has 1 aliphatic heterocycles. The van der Waals surface area contributed by atoms with Crippen LogP contribution in [0.4, 0.5) is 0 Å². The lowest BCUT2D eigenvalue weighted by molar-refractivity contribution is -0.136. The second-order valence-corrected chi connectivity index (χ2v) is 8.18. The number of benzene rings is 2. The Balaban J connectivity index is 1.14. The van der Waals surface area contributed by atoms with Crippen LogP contribution in [0.2, 0.25) is 0 Å². The number of hydrogen-bond acceptors (Lipinski definition) is 2. The van der Waals surface area contributed by atoms with E-state index in [1.54, 1.807) is 0 Å². The van der Waals surface area contributed by atoms with Crippen molar-refractivity contribution < 1.29 is 9.59 Å². The zero-order valence-corrected chi connectivity index (χ0v) is 17.6. The molecule has 0 saturated heterocycles. The molecule has 0 unspecified atom stereocenters. The van der Waals surface area contributed by atoms with Gasteiger partial charge in [-0.05, 0) is 25.0 Å². The number of aromatic nitrogens is 1. The van der Waals surface area contributed by atoms with Crippen LogP contribution in [-0.2, 0) is 16.1 Å². The normalized spacial score (nSPS) is 13.9. The van der Waals surface area contributed by atoms with Crippen molar-refractivity contribution in [3.8, 4) is 0 Å². The number of unbranched alkanes of at least 4 members (excludes halogenated alkanes) is 7. The molecule has 0 N–H and O–H groups in total. The number of hydrogen-bond donors (Lipinski definition) is 0. The van der Waals surface area contributed by atoms with E-state index in [1.165, 1.54) is 77.4 Å². The van der Waals surface area contributed by atoms with Crippen molar-refractivity contribution in [2.45, 2.75) is 57.9 Å². The highest BCUT2D eigenvalue weighted by Crippen LogP contribution is 2.29. The fraction of sp³-hybridized carbons (Fsp3) is 0.385. The molecule has 4 heteroatoms. The van der Waals surface area contributed by atoms with Crippen molar-refractivity contribution in [2.75, 3.05) is 6.54 Å². The maximum absolute atomic E-state index is 11.5. The highest BCUT2D eigenvalue weighted by molar-refractivity contribution is 6.12. The van der Waals surface area contributed by atoms with Crippen LogP contribution in [0, 0.1) is 0 Å². The van der Waals surface area contributed by atoms with E-state index in [0.717, 1.165) is 19.4 Å². The Morgan fingerprint density at radius 1 is 0.533 bits per heavy atom. The van der Waals surface area contributed by atoms with Gasteiger partial charge < -0.3 is 4.57 Å². The van der Waals surface area contributed by atoms with Crippen LogP contribution < -0.4 is 0 Å². The minimum absolute atomic E-state index is 0.164. The molecule has 0 radical (unpaired) electrons. The molecule has 0 bridgehead atoms. The molecule has 1 aliphatic rings. The van der Waals surface area contributed by atoms with E-state index in [9.17, 15) is 9.59 Å². The number of carbonyl (C=O) groups excluding carboxylic acids is 2. The number of imide groups is 1. The highest BCUT2D eigenvalue weighted by Gasteiger charge is 2.22. The first-order chi connectivity index (χ1) is 14.8. The zero-order valence-electron chi connectivity index (χ0n) is 17.6. The largest absolute Gasteiger partial charge is 0.340 e. The molecule has 1 aromatic heterocycles. The van der Waals surface area contributed by atoms with Gasteiger partial charge in [0.1, 0.15) is 0 Å². The first-order valence-electron chi connectivity index (χ1n) is 11.3. The standard InChI is InChI=1S/C26H30N2O2/c29-25-17-18-26(30)28(25)20-12-6-4-2-1-3-5-11-19-27-23-15-9-7-13-21(23)22-14-8-10-16-24(22)27/h7-10,13-18H,1-6,11-12,19-20H2. The molecule has 156 valence electrons. The van der Waals surface area contributed by atoms with Gasteiger partial charge in [-0.1, -0.05) is 74.9 Å². The number of amides is 2. The summed E-state index contributed by atoms with van der Waals surface area (Å²) in [5.74, 6) is -0.327. The van der Waals surface area contributed by atoms with Crippen molar-refractivity contribution in [1.29, 1.82) is 0 Å². The van der Waals surface area contributed by atoms with Gasteiger partial charge in [-0.25, -0.2) is 0 Å². The third kappa shape index (κ3) is 4.48. The van der Waals surface area contributed by atoms with Crippen LogP contribution in [0.5, 0.6) is 0 Å². The Labute approximate surface area is 178 Å². The molecule has 2 aromatic carbocycles. The second kappa shape index (κ2) is 9.75. The minimum Gasteiger partial charge on any atom is -0.340 e. The van der Waals surface area contributed by atoms with Gasteiger partial charge in [-0.2, -0.15) is 0 Å². The number of carbonyl (C=O) groups is 2. The molecule has 4 nitrogen and oxygen atoms in total. The van der Waals surface area contributed by atoms with Gasteiger partial charge >= 0.3 is 0 Å². The Morgan fingerprint density at radius 3 is 1.50 bits per heavy atom. The lowest BCUT2D eigenvalue weighted by Crippen LogP contribution is -2.30. The molecule has 4 rings (SSSR count). The van der Waals surface area contributed by atoms with Gasteiger partial charge in [0.25, 0.3) is 11.8 Å². The lowest BCUT2D eigenvalue weighted by Gasteiger charge is -2.13. The predicted octanol–water partition coefficient (Wildman–Crippen LogP) is 5.84. The summed E-state index contributed by atoms with van der Waals surface area (Å²) < 4.78 is 2.47. The number of nitrogens with zero attached hydrogens (tertiary/aromatic N) is 2. The molecule has 0 atom stereocenters. The first kappa shape index (κ1) is 20.4. The highest BCUT2D eigenvalue weighted by atomic mass is 16.2. The molecule has 0 saturated carbocycles. The third-order valence-corrected chi connectivity index (χ3v) is 6.09. The summed E-state index contributed by atoms with van der Waals surface area (Å²) in [6.45, 7) is 1.63. The molecule has 2 heterocycles. The van der Waals surface area contributed by atoms with Gasteiger partial charge in [0, 0.05) is 47.0 Å². The van der Waals surface area contributed by atoms with Crippen LogP contribution in [0.25, 0.3) is 21.8 Å². The van der Waals surface area contributed by atoms with Crippen molar-refractivity contribution >= 4 is 33.6 Å². The lowest BCUT2D eigenvalue weighted by atomic mass is 10.1. The Kier molecular flexibility index (Phi) is 6.63. The van der Waals surface area contributed by atoms with E-state index in [0.29, 0.717) is 6.54 Å². The average molecular weight is 403 g/mol. The molecule has 0 fully saturated rings. The van der Waals surface area contributed by atoms with Crippen LogP contribution in [-0.4, -0.2) is 27.8 Å². The monoisotopic (exact) mass is 402 g/mol. The number of para-hydroxylation sites is 2. The maximum Gasteiger partial charge on any atom is 0.253 e. The first-order valence-corrected chi connectivity index (χ1v) is 11.3. The number of rotatable bonds is 11. The Morgan fingerprint density at radius 2 is 0.967 bits per heavy atom. The quantitative estimate of drug-likeness (QED) is 0.299. The summed E-state index contributed by atoms with van der Waals surface area (Å²) in [4.78, 5) is 24.3. The van der Waals surface area contributed by atoms with Gasteiger partial charge in [-0.15, -0.1) is 0 Å². The van der Waals surface area contributed by atoms with E-state index in [1.807, 2.05) is 0 Å². The molecule has 0 spiro atoms. The Bertz CT molecular complexity index is 992. The molecule has 30 heavy (non-hydrogen) atoms. The van der Waals surface area contributed by atoms with E-state index in [2.05, 4.69) is 53.1 Å². The van der Waals surface area contributed by atoms with Crippen LogP contribution >= 0.6 is 0 Å². The van der Waals surface area contributed by atoms with E-state index in [4.69, 9.17) is 0 Å². The van der Waals surface area contributed by atoms with Crippen molar-refractivity contribution in [3.63, 3.8) is 0 Å². The predicted molar refractivity (Wildman–Crippen MR) is 122 cm³/mol. The summed E-state index contributed by atoms with van der Waals surface area (Å²) in [7, 11) is 0. The van der Waals surface area contributed by atoms with Crippen molar-refractivity contribution in [1.82, 2.24) is 9.47 Å². The molecule has 0 aliphatic carbocycles. The van der Waals surface area contributed by atoms with Crippen molar-refractivity contribution in [2.24, 2.45) is 0 Å². The molecular formula is C26H30N2O2. The smallest absolute Gasteiger partial charge is 0.253 e. The van der Waals surface area contributed by atoms with E-state index >= 15 is 0 Å². The summed E-state index contributed by atoms with van der Waals surface area (Å²) >= 11 is 0. The fourth-order valence-corrected chi connectivity index (χ4v) is 4.50. The fourth-order valence-electron chi connectivity index (χ4n) is 4.50. The number of aryl methyl sites for hydroxylation is 1. The van der Waals surface area contributed by atoms with Gasteiger partial charge in [-0.3, -0.25) is 14.5 Å². The molecule has 3 aromatic rings. The SMILES string of the molecule is O=C1C=CC(=O)N1CCCCCCCCCCn1c2ccccc2c2ccccc21. The van der Waals surface area contributed by atoms with E-state index in [-0.39, 0.29) is 11.8 Å². The molecular weight excluding hydrogens is 372 g/mol. The van der Waals surface area contributed by atoms with Crippen molar-refractivity contribution in [3.05, 3.63) is 60.7 Å². The maximum atomic E-state index is 11.5. The Hall–Kier alpha value is -2.88. The van der Waals surface area contributed by atoms with Crippen LogP contribution in [0.3, 0.4) is 0 Å². The summed E-state index contributed by atoms with van der Waals surface area (Å²) in [6.07, 6.45) is 12.1. The van der Waals surface area contributed by atoms with Crippen LogP contribution in [0.15, 0.2) is 60.7 Å².